The van der Waals surface area contributed by atoms with Crippen molar-refractivity contribution in [3.63, 3.8) is 0 Å². The molecule has 0 amide bonds. The van der Waals surface area contributed by atoms with Gasteiger partial charge in [0.25, 0.3) is 5.56 Å². The standard InChI is InChI=1S/C26H29N5O2/c1-16-7-10-21(11-8-16)29-13-18(3)14-30-22-23(27-25(29)30)28(5)26(33)31(24(22)32)15-20-12-17(2)6-9-19(20)4/h6-12,18H,13-15H2,1-5H3. The normalized spacial score (nSPS) is 15.8. The first-order chi connectivity index (χ1) is 15.7. The summed E-state index contributed by atoms with van der Waals surface area (Å²) in [6.45, 7) is 9.99. The zero-order valence-electron chi connectivity index (χ0n) is 19.8. The molecule has 1 aliphatic rings. The van der Waals surface area contributed by atoms with E-state index in [1.807, 2.05) is 36.6 Å². The number of aryl methyl sites for hydroxylation is 4. The van der Waals surface area contributed by atoms with Crippen LogP contribution >= 0.6 is 0 Å². The van der Waals surface area contributed by atoms with E-state index in [2.05, 4.69) is 43.0 Å². The lowest BCUT2D eigenvalue weighted by Gasteiger charge is -2.33. The van der Waals surface area contributed by atoms with Crippen LogP contribution in [0.2, 0.25) is 0 Å². The third-order valence-corrected chi connectivity index (χ3v) is 6.62. The lowest BCUT2D eigenvalue weighted by Crippen LogP contribution is -2.40. The van der Waals surface area contributed by atoms with E-state index in [-0.39, 0.29) is 17.8 Å². The first kappa shape index (κ1) is 21.2. The first-order valence-corrected chi connectivity index (χ1v) is 11.3. The minimum Gasteiger partial charge on any atom is -0.312 e. The highest BCUT2D eigenvalue weighted by atomic mass is 16.2. The molecule has 7 heteroatoms. The smallest absolute Gasteiger partial charge is 0.312 e. The monoisotopic (exact) mass is 443 g/mol. The lowest BCUT2D eigenvalue weighted by atomic mass is 10.1. The summed E-state index contributed by atoms with van der Waals surface area (Å²) < 4.78 is 4.84. The molecule has 33 heavy (non-hydrogen) atoms. The van der Waals surface area contributed by atoms with Gasteiger partial charge in [0.1, 0.15) is 0 Å². The molecule has 0 saturated heterocycles. The van der Waals surface area contributed by atoms with Crippen LogP contribution in [0.1, 0.15) is 29.2 Å². The Morgan fingerprint density at radius 3 is 2.39 bits per heavy atom. The van der Waals surface area contributed by atoms with Gasteiger partial charge in [-0.15, -0.1) is 0 Å². The van der Waals surface area contributed by atoms with E-state index in [1.54, 1.807) is 7.05 Å². The highest BCUT2D eigenvalue weighted by molar-refractivity contribution is 5.77. The van der Waals surface area contributed by atoms with E-state index < -0.39 is 0 Å². The molecule has 2 aromatic carbocycles. The van der Waals surface area contributed by atoms with E-state index in [0.29, 0.717) is 29.6 Å². The van der Waals surface area contributed by atoms with Crippen LogP contribution in [0.25, 0.3) is 11.2 Å². The molecule has 0 fully saturated rings. The SMILES string of the molecule is Cc1ccc(N2CC(C)Cn3c2nc2c3c(=O)n(Cc3cc(C)ccc3C)c(=O)n2C)cc1. The number of hydrogen-bond acceptors (Lipinski definition) is 4. The summed E-state index contributed by atoms with van der Waals surface area (Å²) in [5.74, 6) is 1.03. The number of nitrogens with zero attached hydrogens (tertiary/aromatic N) is 5. The van der Waals surface area contributed by atoms with Crippen LogP contribution in [0.4, 0.5) is 11.6 Å². The summed E-state index contributed by atoms with van der Waals surface area (Å²) in [6.07, 6.45) is 0. The van der Waals surface area contributed by atoms with Gasteiger partial charge in [-0.25, -0.2) is 4.79 Å². The van der Waals surface area contributed by atoms with Crippen molar-refractivity contribution in [3.8, 4) is 0 Å². The zero-order valence-corrected chi connectivity index (χ0v) is 19.8. The maximum atomic E-state index is 13.7. The predicted octanol–water partition coefficient (Wildman–Crippen LogP) is 3.66. The Hall–Kier alpha value is -3.61. The van der Waals surface area contributed by atoms with Gasteiger partial charge in [-0.2, -0.15) is 4.98 Å². The summed E-state index contributed by atoms with van der Waals surface area (Å²) in [4.78, 5) is 33.9. The number of aromatic nitrogens is 4. The van der Waals surface area contributed by atoms with Gasteiger partial charge in [-0.05, 0) is 49.9 Å². The van der Waals surface area contributed by atoms with Crippen LogP contribution in [-0.4, -0.2) is 25.2 Å². The quantitative estimate of drug-likeness (QED) is 0.485. The second kappa shape index (κ2) is 7.76. The Morgan fingerprint density at radius 2 is 1.67 bits per heavy atom. The fourth-order valence-electron chi connectivity index (χ4n) is 4.73. The molecule has 0 N–H and O–H groups in total. The van der Waals surface area contributed by atoms with Crippen LogP contribution < -0.4 is 16.1 Å². The Kier molecular flexibility index (Phi) is 5.00. The van der Waals surface area contributed by atoms with Gasteiger partial charge in [0.15, 0.2) is 11.2 Å². The van der Waals surface area contributed by atoms with Gasteiger partial charge in [0.05, 0.1) is 6.54 Å². The molecular formula is C26H29N5O2. The van der Waals surface area contributed by atoms with Crippen molar-refractivity contribution in [2.75, 3.05) is 11.4 Å². The lowest BCUT2D eigenvalue weighted by molar-refractivity contribution is 0.458. The van der Waals surface area contributed by atoms with Crippen LogP contribution in [0.3, 0.4) is 0 Å². The van der Waals surface area contributed by atoms with Crippen molar-refractivity contribution in [3.05, 3.63) is 85.6 Å². The molecule has 7 nitrogen and oxygen atoms in total. The van der Waals surface area contributed by atoms with Crippen molar-refractivity contribution in [1.29, 1.82) is 0 Å². The molecule has 1 unspecified atom stereocenters. The minimum absolute atomic E-state index is 0.243. The van der Waals surface area contributed by atoms with Crippen molar-refractivity contribution < 1.29 is 0 Å². The van der Waals surface area contributed by atoms with E-state index in [0.717, 1.165) is 28.9 Å². The highest BCUT2D eigenvalue weighted by Crippen LogP contribution is 2.32. The number of fused-ring (bicyclic) bond motifs is 3. The fourth-order valence-corrected chi connectivity index (χ4v) is 4.73. The highest BCUT2D eigenvalue weighted by Gasteiger charge is 2.29. The molecule has 4 aromatic rings. The minimum atomic E-state index is -0.348. The maximum absolute atomic E-state index is 13.7. The number of benzene rings is 2. The van der Waals surface area contributed by atoms with E-state index in [1.165, 1.54) is 14.7 Å². The van der Waals surface area contributed by atoms with E-state index in [9.17, 15) is 9.59 Å². The molecule has 2 aromatic heterocycles. The van der Waals surface area contributed by atoms with Crippen molar-refractivity contribution >= 4 is 22.8 Å². The summed E-state index contributed by atoms with van der Waals surface area (Å²) in [6, 6.07) is 14.4. The van der Waals surface area contributed by atoms with Crippen LogP contribution in [0.15, 0.2) is 52.1 Å². The Labute approximate surface area is 192 Å². The van der Waals surface area contributed by atoms with Gasteiger partial charge >= 0.3 is 5.69 Å². The Balaban J connectivity index is 1.72. The molecule has 0 spiro atoms. The molecule has 0 bridgehead atoms. The third kappa shape index (κ3) is 3.48. The van der Waals surface area contributed by atoms with Crippen molar-refractivity contribution in [1.82, 2.24) is 18.7 Å². The van der Waals surface area contributed by atoms with Crippen LogP contribution in [-0.2, 0) is 20.1 Å². The van der Waals surface area contributed by atoms with Crippen LogP contribution in [0, 0.1) is 26.7 Å². The molecule has 0 saturated carbocycles. The molecule has 170 valence electrons. The van der Waals surface area contributed by atoms with E-state index >= 15 is 0 Å². The molecule has 3 heterocycles. The second-order valence-electron chi connectivity index (χ2n) is 9.41. The molecular weight excluding hydrogens is 414 g/mol. The summed E-state index contributed by atoms with van der Waals surface area (Å²) in [5.41, 5.74) is 5.64. The van der Waals surface area contributed by atoms with Crippen molar-refractivity contribution in [2.24, 2.45) is 13.0 Å². The van der Waals surface area contributed by atoms with Gasteiger partial charge in [0.2, 0.25) is 5.95 Å². The largest absolute Gasteiger partial charge is 0.332 e. The number of imidazole rings is 1. The first-order valence-electron chi connectivity index (χ1n) is 11.3. The fraction of sp³-hybridized carbons (Fsp3) is 0.346. The molecule has 1 atom stereocenters. The zero-order chi connectivity index (χ0) is 23.4. The number of anilines is 2. The molecule has 0 aliphatic carbocycles. The average Bonchev–Trinajstić information content (AvgIpc) is 3.17. The number of rotatable bonds is 3. The Morgan fingerprint density at radius 1 is 0.970 bits per heavy atom. The number of hydrogen-bond donors (Lipinski definition) is 0. The maximum Gasteiger partial charge on any atom is 0.332 e. The van der Waals surface area contributed by atoms with E-state index in [4.69, 9.17) is 4.98 Å². The van der Waals surface area contributed by atoms with Gasteiger partial charge in [0, 0.05) is 25.8 Å². The van der Waals surface area contributed by atoms with Gasteiger partial charge in [-0.1, -0.05) is 48.4 Å². The molecule has 0 radical (unpaired) electrons. The van der Waals surface area contributed by atoms with Gasteiger partial charge in [-0.3, -0.25) is 13.9 Å². The molecule has 1 aliphatic heterocycles. The third-order valence-electron chi connectivity index (χ3n) is 6.62. The Bertz CT molecular complexity index is 1490. The second-order valence-corrected chi connectivity index (χ2v) is 9.41. The average molecular weight is 444 g/mol. The predicted molar refractivity (Wildman–Crippen MR) is 132 cm³/mol. The topological polar surface area (TPSA) is 65.1 Å². The van der Waals surface area contributed by atoms with Crippen LogP contribution in [0.5, 0.6) is 0 Å². The summed E-state index contributed by atoms with van der Waals surface area (Å²) in [5, 5.41) is 0. The summed E-state index contributed by atoms with van der Waals surface area (Å²) >= 11 is 0. The van der Waals surface area contributed by atoms with Gasteiger partial charge < -0.3 is 9.47 Å². The summed E-state index contributed by atoms with van der Waals surface area (Å²) in [7, 11) is 1.70. The van der Waals surface area contributed by atoms with Crippen molar-refractivity contribution in [2.45, 2.75) is 40.8 Å². The molecule has 5 rings (SSSR count).